The number of aromatic nitrogens is 2. The Balaban J connectivity index is 1.81. The van der Waals surface area contributed by atoms with Gasteiger partial charge in [0, 0.05) is 5.39 Å². The molecule has 1 atom stereocenters. The first kappa shape index (κ1) is 22.8. The van der Waals surface area contributed by atoms with Crippen molar-refractivity contribution >= 4 is 27.0 Å². The number of benzene rings is 2. The van der Waals surface area contributed by atoms with E-state index in [2.05, 4.69) is 10.4 Å². The Bertz CT molecular complexity index is 1180. The van der Waals surface area contributed by atoms with Crippen LogP contribution in [0.3, 0.4) is 0 Å². The zero-order valence-corrected chi connectivity index (χ0v) is 18.8. The Hall–Kier alpha value is -2.91. The van der Waals surface area contributed by atoms with E-state index in [1.807, 2.05) is 6.92 Å². The Labute approximate surface area is 181 Å². The van der Waals surface area contributed by atoms with Crippen molar-refractivity contribution in [3.63, 3.8) is 0 Å². The SMILES string of the molecule is Cc1ccc(S(=O)(=O)n2ncc3cc(C[C@@H](CO)NC(=O)OC(C)(C)C)ccc32)cc1. The molecule has 0 saturated carbocycles. The number of nitrogens with one attached hydrogen (secondary N) is 1. The van der Waals surface area contributed by atoms with Crippen molar-refractivity contribution in [2.75, 3.05) is 6.61 Å². The average molecular weight is 446 g/mol. The minimum atomic E-state index is -3.82. The molecule has 0 radical (unpaired) electrons. The number of hydrogen-bond acceptors (Lipinski definition) is 6. The van der Waals surface area contributed by atoms with Crippen LogP contribution in [0.5, 0.6) is 0 Å². The van der Waals surface area contributed by atoms with Crippen LogP contribution in [0.4, 0.5) is 4.79 Å². The molecule has 3 aromatic rings. The number of alkyl carbamates (subject to hydrolysis) is 1. The van der Waals surface area contributed by atoms with Crippen LogP contribution in [-0.2, 0) is 21.2 Å². The highest BCUT2D eigenvalue weighted by molar-refractivity contribution is 7.90. The summed E-state index contributed by atoms with van der Waals surface area (Å²) >= 11 is 0. The smallest absolute Gasteiger partial charge is 0.407 e. The molecule has 0 aliphatic carbocycles. The van der Waals surface area contributed by atoms with Crippen LogP contribution in [0.25, 0.3) is 10.9 Å². The number of aryl methyl sites for hydroxylation is 1. The third-order valence-corrected chi connectivity index (χ3v) is 6.18. The van der Waals surface area contributed by atoms with Gasteiger partial charge in [0.1, 0.15) is 5.60 Å². The Morgan fingerprint density at radius 2 is 1.87 bits per heavy atom. The van der Waals surface area contributed by atoms with Crippen LogP contribution in [0.1, 0.15) is 31.9 Å². The zero-order chi connectivity index (χ0) is 22.8. The molecule has 8 nitrogen and oxygen atoms in total. The quantitative estimate of drug-likeness (QED) is 0.603. The number of ether oxygens (including phenoxy) is 1. The highest BCUT2D eigenvalue weighted by Crippen LogP contribution is 2.22. The van der Waals surface area contributed by atoms with E-state index in [9.17, 15) is 18.3 Å². The minimum Gasteiger partial charge on any atom is -0.444 e. The van der Waals surface area contributed by atoms with Gasteiger partial charge in [0.25, 0.3) is 10.0 Å². The molecule has 0 saturated heterocycles. The van der Waals surface area contributed by atoms with E-state index in [1.54, 1.807) is 63.2 Å². The maximum Gasteiger partial charge on any atom is 0.407 e. The lowest BCUT2D eigenvalue weighted by molar-refractivity contribution is 0.0483. The molecule has 31 heavy (non-hydrogen) atoms. The third kappa shape index (κ3) is 5.42. The summed E-state index contributed by atoms with van der Waals surface area (Å²) in [4.78, 5) is 12.1. The molecule has 0 aliphatic rings. The number of fused-ring (bicyclic) bond motifs is 1. The molecule has 0 spiro atoms. The molecule has 3 rings (SSSR count). The normalized spacial score (nSPS) is 13.2. The third-order valence-electron chi connectivity index (χ3n) is 4.57. The van der Waals surface area contributed by atoms with Crippen LogP contribution >= 0.6 is 0 Å². The van der Waals surface area contributed by atoms with Crippen molar-refractivity contribution in [3.8, 4) is 0 Å². The standard InChI is InChI=1S/C22H27N3O5S/c1-15-5-8-19(9-6-15)31(28,29)25-20-10-7-16(11-17(20)13-23-25)12-18(14-26)24-21(27)30-22(2,3)4/h5-11,13,18,26H,12,14H2,1-4H3,(H,24,27)/t18-/m0/s1. The summed E-state index contributed by atoms with van der Waals surface area (Å²) in [5, 5.41) is 17.0. The van der Waals surface area contributed by atoms with E-state index in [0.717, 1.165) is 15.2 Å². The molecular formula is C22H27N3O5S. The molecule has 1 aromatic heterocycles. The van der Waals surface area contributed by atoms with Gasteiger partial charge in [-0.2, -0.15) is 17.6 Å². The summed E-state index contributed by atoms with van der Waals surface area (Å²) < 4.78 is 32.2. The van der Waals surface area contributed by atoms with E-state index in [4.69, 9.17) is 4.74 Å². The number of carbonyl (C=O) groups excluding carboxylic acids is 1. The minimum absolute atomic E-state index is 0.161. The summed E-state index contributed by atoms with van der Waals surface area (Å²) in [5.74, 6) is 0. The second-order valence-electron chi connectivity index (χ2n) is 8.43. The summed E-state index contributed by atoms with van der Waals surface area (Å²) in [7, 11) is -3.82. The second-order valence-corrected chi connectivity index (χ2v) is 10.2. The van der Waals surface area contributed by atoms with Gasteiger partial charge >= 0.3 is 6.09 Å². The van der Waals surface area contributed by atoms with E-state index in [0.29, 0.717) is 17.3 Å². The van der Waals surface area contributed by atoms with Gasteiger partial charge in [-0.05, 0) is 63.9 Å². The average Bonchev–Trinajstić information content (AvgIpc) is 3.10. The zero-order valence-electron chi connectivity index (χ0n) is 18.0. The monoisotopic (exact) mass is 445 g/mol. The maximum absolute atomic E-state index is 13.0. The van der Waals surface area contributed by atoms with Gasteiger partial charge < -0.3 is 15.2 Å². The van der Waals surface area contributed by atoms with Crippen molar-refractivity contribution in [2.24, 2.45) is 0 Å². The number of carbonyl (C=O) groups is 1. The molecule has 0 aliphatic heterocycles. The predicted octanol–water partition coefficient (Wildman–Crippen LogP) is 3.01. The fourth-order valence-corrected chi connectivity index (χ4v) is 4.38. The molecule has 9 heteroatoms. The molecule has 0 bridgehead atoms. The summed E-state index contributed by atoms with van der Waals surface area (Å²) in [6.07, 6.45) is 1.23. The van der Waals surface area contributed by atoms with Crippen molar-refractivity contribution < 1.29 is 23.1 Å². The number of aliphatic hydroxyl groups excluding tert-OH is 1. The van der Waals surface area contributed by atoms with Crippen LogP contribution in [-0.4, -0.2) is 47.1 Å². The van der Waals surface area contributed by atoms with Crippen LogP contribution in [0, 0.1) is 6.92 Å². The van der Waals surface area contributed by atoms with Crippen molar-refractivity contribution in [2.45, 2.75) is 50.7 Å². The first-order valence-electron chi connectivity index (χ1n) is 9.89. The number of rotatable bonds is 6. The van der Waals surface area contributed by atoms with Crippen molar-refractivity contribution in [1.82, 2.24) is 14.5 Å². The Morgan fingerprint density at radius 1 is 1.19 bits per heavy atom. The Morgan fingerprint density at radius 3 is 2.48 bits per heavy atom. The fourth-order valence-electron chi connectivity index (χ4n) is 3.11. The number of aliphatic hydroxyl groups is 1. The second kappa shape index (κ2) is 8.68. The van der Waals surface area contributed by atoms with Crippen LogP contribution in [0.2, 0.25) is 0 Å². The van der Waals surface area contributed by atoms with Crippen molar-refractivity contribution in [1.29, 1.82) is 0 Å². The summed E-state index contributed by atoms with van der Waals surface area (Å²) in [6, 6.07) is 11.3. The van der Waals surface area contributed by atoms with Gasteiger partial charge in [-0.1, -0.05) is 23.8 Å². The van der Waals surface area contributed by atoms with Gasteiger partial charge in [-0.3, -0.25) is 0 Å². The first-order chi connectivity index (χ1) is 14.5. The topological polar surface area (TPSA) is 111 Å². The summed E-state index contributed by atoms with van der Waals surface area (Å²) in [6.45, 7) is 6.90. The molecular weight excluding hydrogens is 418 g/mol. The lowest BCUT2D eigenvalue weighted by Gasteiger charge is -2.22. The number of hydrogen-bond donors (Lipinski definition) is 2. The van der Waals surface area contributed by atoms with Gasteiger partial charge in [-0.25, -0.2) is 4.79 Å². The molecule has 1 amide bonds. The highest BCUT2D eigenvalue weighted by atomic mass is 32.2. The fraction of sp³-hybridized carbons (Fsp3) is 0.364. The molecule has 166 valence electrons. The predicted molar refractivity (Wildman–Crippen MR) is 117 cm³/mol. The van der Waals surface area contributed by atoms with Gasteiger partial charge in [0.15, 0.2) is 0 Å². The summed E-state index contributed by atoms with van der Waals surface area (Å²) in [5.41, 5.74) is 1.59. The van der Waals surface area contributed by atoms with Crippen LogP contribution in [0.15, 0.2) is 53.6 Å². The van der Waals surface area contributed by atoms with Gasteiger partial charge in [0.2, 0.25) is 0 Å². The van der Waals surface area contributed by atoms with E-state index in [-0.39, 0.29) is 11.5 Å². The maximum atomic E-state index is 13.0. The lowest BCUT2D eigenvalue weighted by Crippen LogP contribution is -2.42. The van der Waals surface area contributed by atoms with Crippen LogP contribution < -0.4 is 5.32 Å². The van der Waals surface area contributed by atoms with E-state index < -0.39 is 27.8 Å². The molecule has 1 heterocycles. The Kier molecular flexibility index (Phi) is 6.38. The van der Waals surface area contributed by atoms with Gasteiger partial charge in [-0.15, -0.1) is 0 Å². The van der Waals surface area contributed by atoms with Gasteiger partial charge in [0.05, 0.1) is 29.3 Å². The molecule has 0 fully saturated rings. The largest absolute Gasteiger partial charge is 0.444 e. The number of amides is 1. The van der Waals surface area contributed by atoms with E-state index in [1.165, 1.54) is 6.20 Å². The molecule has 2 N–H and O–H groups in total. The first-order valence-corrected chi connectivity index (χ1v) is 11.3. The highest BCUT2D eigenvalue weighted by Gasteiger charge is 2.22. The number of nitrogens with zero attached hydrogens (tertiary/aromatic N) is 2. The molecule has 0 unspecified atom stereocenters. The molecule has 2 aromatic carbocycles. The van der Waals surface area contributed by atoms with E-state index >= 15 is 0 Å². The van der Waals surface area contributed by atoms with Crippen molar-refractivity contribution in [3.05, 3.63) is 59.8 Å². The lowest BCUT2D eigenvalue weighted by atomic mass is 10.0.